The molecule has 0 aromatic carbocycles. The highest BCUT2D eigenvalue weighted by molar-refractivity contribution is 6.32. The number of ether oxygens (including phenoxy) is 1. The third-order valence-corrected chi connectivity index (χ3v) is 2.65. The number of pyridine rings is 1. The van der Waals surface area contributed by atoms with Gasteiger partial charge < -0.3 is 15.4 Å². The Labute approximate surface area is 116 Å². The molecule has 1 unspecified atom stereocenters. The van der Waals surface area contributed by atoms with E-state index in [0.29, 0.717) is 13.2 Å². The number of nitrogens with zero attached hydrogens (tertiary/aromatic N) is 1. The standard InChI is InChI=1S/C12H16ClN3O3/c1-8(11(17)15-6-7-19-2)16-12(18)9-4-3-5-14-10(9)13/h3-5,8H,6-7H2,1-2H3,(H,15,17)(H,16,18). The molecule has 0 aliphatic heterocycles. The van der Waals surface area contributed by atoms with Gasteiger partial charge in [-0.3, -0.25) is 9.59 Å². The first-order valence-electron chi connectivity index (χ1n) is 5.74. The zero-order valence-electron chi connectivity index (χ0n) is 10.8. The first kappa shape index (κ1) is 15.4. The molecule has 2 N–H and O–H groups in total. The normalized spacial score (nSPS) is 11.7. The molecule has 0 spiro atoms. The molecule has 0 saturated heterocycles. The number of aromatic nitrogens is 1. The lowest BCUT2D eigenvalue weighted by Gasteiger charge is -2.14. The van der Waals surface area contributed by atoms with E-state index in [1.54, 1.807) is 26.2 Å². The van der Waals surface area contributed by atoms with Crippen molar-refractivity contribution in [2.75, 3.05) is 20.3 Å². The Balaban J connectivity index is 2.52. The molecule has 0 aliphatic carbocycles. The van der Waals surface area contributed by atoms with Crippen LogP contribution >= 0.6 is 11.6 Å². The molecule has 6 nitrogen and oxygen atoms in total. The summed E-state index contributed by atoms with van der Waals surface area (Å²) < 4.78 is 4.81. The minimum atomic E-state index is -0.666. The Hall–Kier alpha value is -1.66. The molecule has 1 aromatic rings. The first-order valence-corrected chi connectivity index (χ1v) is 6.12. The lowest BCUT2D eigenvalue weighted by molar-refractivity contribution is -0.122. The zero-order valence-corrected chi connectivity index (χ0v) is 11.5. The van der Waals surface area contributed by atoms with Gasteiger partial charge in [-0.1, -0.05) is 11.6 Å². The fraction of sp³-hybridized carbons (Fsp3) is 0.417. The quantitative estimate of drug-likeness (QED) is 0.593. The molecular formula is C12H16ClN3O3. The van der Waals surface area contributed by atoms with Crippen molar-refractivity contribution in [1.82, 2.24) is 15.6 Å². The van der Waals surface area contributed by atoms with Crippen LogP contribution in [0.3, 0.4) is 0 Å². The zero-order chi connectivity index (χ0) is 14.3. The number of methoxy groups -OCH3 is 1. The SMILES string of the molecule is COCCNC(=O)C(C)NC(=O)c1cccnc1Cl. The van der Waals surface area contributed by atoms with Crippen molar-refractivity contribution in [2.45, 2.75) is 13.0 Å². The van der Waals surface area contributed by atoms with Crippen molar-refractivity contribution in [1.29, 1.82) is 0 Å². The van der Waals surface area contributed by atoms with Gasteiger partial charge in [-0.2, -0.15) is 0 Å². The second kappa shape index (κ2) is 7.70. The minimum absolute atomic E-state index is 0.104. The minimum Gasteiger partial charge on any atom is -0.383 e. The fourth-order valence-electron chi connectivity index (χ4n) is 1.32. The maximum atomic E-state index is 11.9. The van der Waals surface area contributed by atoms with Crippen LogP contribution in [-0.2, 0) is 9.53 Å². The van der Waals surface area contributed by atoms with Gasteiger partial charge in [0.2, 0.25) is 5.91 Å². The van der Waals surface area contributed by atoms with Gasteiger partial charge in [0.05, 0.1) is 12.2 Å². The molecule has 104 valence electrons. The van der Waals surface area contributed by atoms with E-state index in [0.717, 1.165) is 0 Å². The Morgan fingerprint density at radius 3 is 2.89 bits per heavy atom. The number of carbonyl (C=O) groups excluding carboxylic acids is 2. The highest BCUT2D eigenvalue weighted by atomic mass is 35.5. The number of amides is 2. The van der Waals surface area contributed by atoms with E-state index < -0.39 is 11.9 Å². The maximum Gasteiger partial charge on any atom is 0.255 e. The summed E-state index contributed by atoms with van der Waals surface area (Å²) in [5, 5.41) is 5.28. The van der Waals surface area contributed by atoms with Gasteiger partial charge in [0, 0.05) is 19.9 Å². The van der Waals surface area contributed by atoms with Crippen LogP contribution in [0, 0.1) is 0 Å². The van der Waals surface area contributed by atoms with Crippen LogP contribution in [0.25, 0.3) is 0 Å². The summed E-state index contributed by atoms with van der Waals surface area (Å²) >= 11 is 5.80. The summed E-state index contributed by atoms with van der Waals surface area (Å²) in [7, 11) is 1.54. The topological polar surface area (TPSA) is 80.3 Å². The van der Waals surface area contributed by atoms with Gasteiger partial charge in [0.25, 0.3) is 5.91 Å². The van der Waals surface area contributed by atoms with E-state index in [1.165, 1.54) is 6.20 Å². The van der Waals surface area contributed by atoms with Crippen LogP contribution in [0.15, 0.2) is 18.3 Å². The molecule has 0 radical (unpaired) electrons. The average molecular weight is 286 g/mol. The molecule has 2 amide bonds. The summed E-state index contributed by atoms with van der Waals surface area (Å²) in [6, 6.07) is 2.48. The predicted molar refractivity (Wildman–Crippen MR) is 71.1 cm³/mol. The van der Waals surface area contributed by atoms with Crippen LogP contribution in [-0.4, -0.2) is 43.1 Å². The molecule has 1 rings (SSSR count). The highest BCUT2D eigenvalue weighted by Crippen LogP contribution is 2.11. The molecule has 0 aliphatic rings. The van der Waals surface area contributed by atoms with E-state index >= 15 is 0 Å². The van der Waals surface area contributed by atoms with Gasteiger partial charge in [-0.05, 0) is 19.1 Å². The maximum absolute atomic E-state index is 11.9. The third kappa shape index (κ3) is 4.84. The number of carbonyl (C=O) groups is 2. The number of hydrogen-bond acceptors (Lipinski definition) is 4. The molecule has 0 bridgehead atoms. The van der Waals surface area contributed by atoms with Crippen molar-refractivity contribution in [3.8, 4) is 0 Å². The summed E-state index contributed by atoms with van der Waals surface area (Å²) in [5.74, 6) is -0.724. The Kier molecular flexibility index (Phi) is 6.24. The van der Waals surface area contributed by atoms with Crippen LogP contribution in [0.5, 0.6) is 0 Å². The largest absolute Gasteiger partial charge is 0.383 e. The van der Waals surface area contributed by atoms with Crippen molar-refractivity contribution in [2.24, 2.45) is 0 Å². The smallest absolute Gasteiger partial charge is 0.255 e. The van der Waals surface area contributed by atoms with Crippen molar-refractivity contribution in [3.63, 3.8) is 0 Å². The van der Waals surface area contributed by atoms with E-state index in [1.807, 2.05) is 0 Å². The average Bonchev–Trinajstić information content (AvgIpc) is 2.39. The molecule has 0 fully saturated rings. The summed E-state index contributed by atoms with van der Waals surface area (Å²) in [6.45, 7) is 2.40. The van der Waals surface area contributed by atoms with E-state index in [2.05, 4.69) is 15.6 Å². The number of rotatable bonds is 6. The summed E-state index contributed by atoms with van der Waals surface area (Å²) in [4.78, 5) is 27.3. The summed E-state index contributed by atoms with van der Waals surface area (Å²) in [6.07, 6.45) is 1.49. The number of hydrogen-bond donors (Lipinski definition) is 2. The molecular weight excluding hydrogens is 270 g/mol. The first-order chi connectivity index (χ1) is 9.06. The fourth-order valence-corrected chi connectivity index (χ4v) is 1.53. The van der Waals surface area contributed by atoms with Gasteiger partial charge >= 0.3 is 0 Å². The Morgan fingerprint density at radius 1 is 1.53 bits per heavy atom. The molecule has 19 heavy (non-hydrogen) atoms. The second-order valence-electron chi connectivity index (χ2n) is 3.82. The molecule has 7 heteroatoms. The Bertz CT molecular complexity index is 454. The highest BCUT2D eigenvalue weighted by Gasteiger charge is 2.17. The van der Waals surface area contributed by atoms with Crippen molar-refractivity contribution >= 4 is 23.4 Å². The second-order valence-corrected chi connectivity index (χ2v) is 4.18. The van der Waals surface area contributed by atoms with Crippen LogP contribution in [0.4, 0.5) is 0 Å². The van der Waals surface area contributed by atoms with Gasteiger partial charge in [-0.15, -0.1) is 0 Å². The van der Waals surface area contributed by atoms with Gasteiger partial charge in [0.1, 0.15) is 11.2 Å². The predicted octanol–water partition coefficient (Wildman–Crippen LogP) is 0.616. The monoisotopic (exact) mass is 285 g/mol. The third-order valence-electron chi connectivity index (χ3n) is 2.35. The number of nitrogens with one attached hydrogen (secondary N) is 2. The van der Waals surface area contributed by atoms with Crippen LogP contribution < -0.4 is 10.6 Å². The molecule has 1 aromatic heterocycles. The summed E-state index contributed by atoms with van der Waals surface area (Å²) in [5.41, 5.74) is 0.237. The molecule has 0 saturated carbocycles. The van der Waals surface area contributed by atoms with Crippen molar-refractivity contribution in [3.05, 3.63) is 29.0 Å². The Morgan fingerprint density at radius 2 is 2.26 bits per heavy atom. The van der Waals surface area contributed by atoms with Crippen LogP contribution in [0.2, 0.25) is 5.15 Å². The van der Waals surface area contributed by atoms with E-state index in [9.17, 15) is 9.59 Å². The van der Waals surface area contributed by atoms with Crippen LogP contribution in [0.1, 0.15) is 17.3 Å². The molecule has 1 atom stereocenters. The number of halogens is 1. The van der Waals surface area contributed by atoms with E-state index in [-0.39, 0.29) is 16.6 Å². The lowest BCUT2D eigenvalue weighted by Crippen LogP contribution is -2.45. The lowest BCUT2D eigenvalue weighted by atomic mass is 10.2. The molecule has 1 heterocycles. The van der Waals surface area contributed by atoms with Crippen molar-refractivity contribution < 1.29 is 14.3 Å². The van der Waals surface area contributed by atoms with E-state index in [4.69, 9.17) is 16.3 Å². The van der Waals surface area contributed by atoms with Gasteiger partial charge in [-0.25, -0.2) is 4.98 Å². The van der Waals surface area contributed by atoms with Gasteiger partial charge in [0.15, 0.2) is 0 Å².